The Bertz CT molecular complexity index is 197. The average molecular weight is 168 g/mol. The van der Waals surface area contributed by atoms with E-state index in [0.717, 1.165) is 19.5 Å². The van der Waals surface area contributed by atoms with Gasteiger partial charge in [-0.3, -0.25) is 4.90 Å². The van der Waals surface area contributed by atoms with E-state index in [1.54, 1.807) is 6.21 Å². The van der Waals surface area contributed by atoms with Crippen LogP contribution in [0.4, 0.5) is 0 Å². The van der Waals surface area contributed by atoms with Crippen LogP contribution in [-0.4, -0.2) is 35.0 Å². The molecule has 0 aliphatic carbocycles. The van der Waals surface area contributed by atoms with Crippen molar-refractivity contribution in [1.29, 1.82) is 0 Å². The molecule has 3 heteroatoms. The van der Waals surface area contributed by atoms with Crippen molar-refractivity contribution in [3.8, 4) is 0 Å². The van der Waals surface area contributed by atoms with Crippen molar-refractivity contribution in [2.75, 3.05) is 13.1 Å². The Kier molecular flexibility index (Phi) is 2.87. The highest BCUT2D eigenvalue weighted by Crippen LogP contribution is 2.15. The fourth-order valence-corrected chi connectivity index (χ4v) is 1.39. The van der Waals surface area contributed by atoms with Crippen molar-refractivity contribution in [2.24, 2.45) is 5.16 Å². The minimum atomic E-state index is -0.139. The van der Waals surface area contributed by atoms with E-state index in [1.165, 1.54) is 0 Å². The first-order valence-electron chi connectivity index (χ1n) is 4.25. The molecule has 0 aromatic rings. The van der Waals surface area contributed by atoms with Gasteiger partial charge in [-0.15, -0.1) is 5.16 Å². The number of hydrogen-bond donors (Lipinski definition) is 1. The van der Waals surface area contributed by atoms with Crippen LogP contribution in [-0.2, 0) is 0 Å². The molecule has 0 saturated heterocycles. The summed E-state index contributed by atoms with van der Waals surface area (Å²) in [6, 6.07) is 0. The maximum Gasteiger partial charge on any atom is 0.0633 e. The lowest BCUT2D eigenvalue weighted by Gasteiger charge is -2.35. The first-order valence-corrected chi connectivity index (χ1v) is 4.25. The van der Waals surface area contributed by atoms with Gasteiger partial charge in [0.15, 0.2) is 0 Å². The lowest BCUT2D eigenvalue weighted by atomic mass is 10.0. The fourth-order valence-electron chi connectivity index (χ4n) is 1.39. The van der Waals surface area contributed by atoms with Gasteiger partial charge in [0.25, 0.3) is 0 Å². The SMILES string of the molecule is CC(C)(/C=N/O)N1CC=CCC1. The standard InChI is InChI=1S/C9H16N2O/c1-9(2,8-10-12)11-6-4-3-5-7-11/h3-4,8,12H,5-7H2,1-2H3/b10-8+. The summed E-state index contributed by atoms with van der Waals surface area (Å²) in [5.74, 6) is 0. The van der Waals surface area contributed by atoms with Gasteiger partial charge in [0.2, 0.25) is 0 Å². The summed E-state index contributed by atoms with van der Waals surface area (Å²) >= 11 is 0. The molecule has 1 N–H and O–H groups in total. The molecule has 0 radical (unpaired) electrons. The second kappa shape index (κ2) is 3.72. The van der Waals surface area contributed by atoms with Gasteiger partial charge >= 0.3 is 0 Å². The van der Waals surface area contributed by atoms with Gasteiger partial charge in [-0.2, -0.15) is 0 Å². The quantitative estimate of drug-likeness (QED) is 0.293. The van der Waals surface area contributed by atoms with E-state index in [9.17, 15) is 0 Å². The average Bonchev–Trinajstić information content (AvgIpc) is 2.06. The highest BCUT2D eigenvalue weighted by molar-refractivity contribution is 5.68. The van der Waals surface area contributed by atoms with E-state index in [4.69, 9.17) is 5.21 Å². The van der Waals surface area contributed by atoms with Gasteiger partial charge in [0.1, 0.15) is 0 Å². The van der Waals surface area contributed by atoms with Crippen molar-refractivity contribution in [1.82, 2.24) is 4.90 Å². The molecule has 1 aliphatic rings. The highest BCUT2D eigenvalue weighted by atomic mass is 16.4. The second-order valence-electron chi connectivity index (χ2n) is 3.60. The van der Waals surface area contributed by atoms with E-state index in [0.29, 0.717) is 0 Å². The van der Waals surface area contributed by atoms with Crippen LogP contribution < -0.4 is 0 Å². The van der Waals surface area contributed by atoms with Crippen molar-refractivity contribution in [2.45, 2.75) is 25.8 Å². The number of rotatable bonds is 2. The largest absolute Gasteiger partial charge is 0.411 e. The first-order chi connectivity index (χ1) is 5.67. The molecule has 1 aliphatic heterocycles. The smallest absolute Gasteiger partial charge is 0.0633 e. The van der Waals surface area contributed by atoms with Crippen molar-refractivity contribution in [3.63, 3.8) is 0 Å². The molecule has 0 amide bonds. The van der Waals surface area contributed by atoms with Crippen LogP contribution in [0.2, 0.25) is 0 Å². The minimum absolute atomic E-state index is 0.139. The van der Waals surface area contributed by atoms with E-state index in [2.05, 4.69) is 22.2 Å². The first kappa shape index (κ1) is 9.26. The Morgan fingerprint density at radius 3 is 2.75 bits per heavy atom. The van der Waals surface area contributed by atoms with E-state index >= 15 is 0 Å². The van der Waals surface area contributed by atoms with E-state index < -0.39 is 0 Å². The molecule has 0 bridgehead atoms. The summed E-state index contributed by atoms with van der Waals surface area (Å²) in [6.45, 7) is 6.08. The Hall–Kier alpha value is -0.830. The number of oxime groups is 1. The van der Waals surface area contributed by atoms with Crippen molar-refractivity contribution in [3.05, 3.63) is 12.2 Å². The molecule has 0 aromatic heterocycles. The normalized spacial score (nSPS) is 20.5. The van der Waals surface area contributed by atoms with Crippen LogP contribution in [0.25, 0.3) is 0 Å². The summed E-state index contributed by atoms with van der Waals surface area (Å²) in [6.07, 6.45) is 6.99. The molecule has 1 heterocycles. The molecular formula is C9H16N2O. The summed E-state index contributed by atoms with van der Waals surface area (Å²) in [5, 5.41) is 11.5. The van der Waals surface area contributed by atoms with Crippen LogP contribution in [0.3, 0.4) is 0 Å². The van der Waals surface area contributed by atoms with Gasteiger partial charge in [-0.05, 0) is 20.3 Å². The molecule has 0 unspecified atom stereocenters. The van der Waals surface area contributed by atoms with Crippen molar-refractivity contribution < 1.29 is 5.21 Å². The summed E-state index contributed by atoms with van der Waals surface area (Å²) in [4.78, 5) is 2.27. The van der Waals surface area contributed by atoms with Gasteiger partial charge < -0.3 is 5.21 Å². The third-order valence-electron chi connectivity index (χ3n) is 2.25. The molecular weight excluding hydrogens is 152 g/mol. The lowest BCUT2D eigenvalue weighted by molar-refractivity contribution is 0.193. The topological polar surface area (TPSA) is 35.8 Å². The third kappa shape index (κ3) is 2.08. The summed E-state index contributed by atoms with van der Waals surface area (Å²) < 4.78 is 0. The van der Waals surface area contributed by atoms with Crippen LogP contribution in [0.15, 0.2) is 17.3 Å². The Balaban J connectivity index is 2.61. The minimum Gasteiger partial charge on any atom is -0.411 e. The maximum atomic E-state index is 8.46. The summed E-state index contributed by atoms with van der Waals surface area (Å²) in [5.41, 5.74) is -0.139. The van der Waals surface area contributed by atoms with Gasteiger partial charge in [-0.25, -0.2) is 0 Å². The number of nitrogens with zero attached hydrogens (tertiary/aromatic N) is 2. The lowest BCUT2D eigenvalue weighted by Crippen LogP contribution is -2.46. The molecule has 0 fully saturated rings. The monoisotopic (exact) mass is 168 g/mol. The Labute approximate surface area is 73.4 Å². The zero-order valence-electron chi connectivity index (χ0n) is 7.70. The van der Waals surface area contributed by atoms with Crippen LogP contribution >= 0.6 is 0 Å². The van der Waals surface area contributed by atoms with Crippen molar-refractivity contribution >= 4 is 6.21 Å². The fraction of sp³-hybridized carbons (Fsp3) is 0.667. The predicted octanol–water partition coefficient (Wildman–Crippen LogP) is 1.49. The van der Waals surface area contributed by atoms with Gasteiger partial charge in [0.05, 0.1) is 11.8 Å². The molecule has 12 heavy (non-hydrogen) atoms. The van der Waals surface area contributed by atoms with Gasteiger partial charge in [0, 0.05) is 13.1 Å². The Morgan fingerprint density at radius 1 is 1.50 bits per heavy atom. The highest BCUT2D eigenvalue weighted by Gasteiger charge is 2.24. The molecule has 0 aromatic carbocycles. The third-order valence-corrected chi connectivity index (χ3v) is 2.25. The van der Waals surface area contributed by atoms with E-state index in [1.807, 2.05) is 13.8 Å². The molecule has 3 nitrogen and oxygen atoms in total. The van der Waals surface area contributed by atoms with Gasteiger partial charge in [-0.1, -0.05) is 12.2 Å². The van der Waals surface area contributed by atoms with Crippen LogP contribution in [0, 0.1) is 0 Å². The second-order valence-corrected chi connectivity index (χ2v) is 3.60. The molecule has 0 saturated carbocycles. The van der Waals surface area contributed by atoms with Crippen LogP contribution in [0.5, 0.6) is 0 Å². The zero-order valence-corrected chi connectivity index (χ0v) is 7.70. The van der Waals surface area contributed by atoms with E-state index in [-0.39, 0.29) is 5.54 Å². The summed E-state index contributed by atoms with van der Waals surface area (Å²) in [7, 11) is 0. The molecule has 1 rings (SSSR count). The molecule has 0 spiro atoms. The molecule has 68 valence electrons. The van der Waals surface area contributed by atoms with Crippen LogP contribution in [0.1, 0.15) is 20.3 Å². The Morgan fingerprint density at radius 2 is 2.25 bits per heavy atom. The molecule has 0 atom stereocenters. The maximum absolute atomic E-state index is 8.46. The predicted molar refractivity (Wildman–Crippen MR) is 49.7 cm³/mol. The number of hydrogen-bond acceptors (Lipinski definition) is 3. The zero-order chi connectivity index (χ0) is 9.03.